The first-order valence-electron chi connectivity index (χ1n) is 4.95. The van der Waals surface area contributed by atoms with Gasteiger partial charge in [-0.3, -0.25) is 0 Å². The fraction of sp³-hybridized carbons (Fsp3) is 0.727. The molecule has 2 bridgehead atoms. The van der Waals surface area contributed by atoms with Crippen LogP contribution in [0.25, 0.3) is 0 Å². The number of allylic oxidation sites excluding steroid dienone is 1. The molecule has 2 heteroatoms. The van der Waals surface area contributed by atoms with Crippen LogP contribution in [0.15, 0.2) is 11.6 Å². The van der Waals surface area contributed by atoms with E-state index < -0.39 is 5.97 Å². The summed E-state index contributed by atoms with van der Waals surface area (Å²) in [7, 11) is 0. The normalized spacial score (nSPS) is 38.5. The summed E-state index contributed by atoms with van der Waals surface area (Å²) in [6, 6.07) is 0. The lowest BCUT2D eigenvalue weighted by Crippen LogP contribution is -2.27. The van der Waals surface area contributed by atoms with Crippen LogP contribution in [0.2, 0.25) is 0 Å². The number of carbonyl (C=O) groups excluding carboxylic acids is 1. The highest BCUT2D eigenvalue weighted by atomic mass is 16.4. The number of rotatable bonds is 1. The van der Waals surface area contributed by atoms with E-state index in [-0.39, 0.29) is 5.41 Å². The Morgan fingerprint density at radius 2 is 2.23 bits per heavy atom. The largest absolute Gasteiger partial charge is 0.545 e. The summed E-state index contributed by atoms with van der Waals surface area (Å²) >= 11 is 0. The number of fused-ring (bicyclic) bond motifs is 2. The van der Waals surface area contributed by atoms with Crippen molar-refractivity contribution in [1.82, 2.24) is 0 Å². The molecule has 0 aromatic carbocycles. The second kappa shape index (κ2) is 2.60. The van der Waals surface area contributed by atoms with Gasteiger partial charge in [0.25, 0.3) is 0 Å². The molecular weight excluding hydrogens is 164 g/mol. The lowest BCUT2D eigenvalue weighted by molar-refractivity contribution is -0.297. The Morgan fingerprint density at radius 3 is 2.69 bits per heavy atom. The van der Waals surface area contributed by atoms with Crippen molar-refractivity contribution in [1.29, 1.82) is 0 Å². The van der Waals surface area contributed by atoms with E-state index >= 15 is 0 Å². The highest BCUT2D eigenvalue weighted by molar-refractivity contribution is 5.79. The molecule has 13 heavy (non-hydrogen) atoms. The van der Waals surface area contributed by atoms with Crippen LogP contribution < -0.4 is 5.11 Å². The van der Waals surface area contributed by atoms with Crippen LogP contribution in [-0.4, -0.2) is 5.97 Å². The summed E-state index contributed by atoms with van der Waals surface area (Å²) in [6.07, 6.45) is 4.96. The van der Waals surface area contributed by atoms with Gasteiger partial charge in [-0.25, -0.2) is 0 Å². The molecule has 2 rings (SSSR count). The number of carbonyl (C=O) groups is 1. The van der Waals surface area contributed by atoms with E-state index in [0.29, 0.717) is 11.8 Å². The molecule has 2 aliphatic carbocycles. The predicted octanol–water partition coefficient (Wildman–Crippen LogP) is 1.12. The molecule has 0 saturated heterocycles. The third-order valence-corrected chi connectivity index (χ3v) is 3.91. The van der Waals surface area contributed by atoms with Gasteiger partial charge in [-0.05, 0) is 42.6 Å². The summed E-state index contributed by atoms with van der Waals surface area (Å²) in [6.45, 7) is 4.32. The van der Waals surface area contributed by atoms with Crippen LogP contribution in [0.4, 0.5) is 0 Å². The Kier molecular flexibility index (Phi) is 1.76. The van der Waals surface area contributed by atoms with E-state index in [2.05, 4.69) is 13.8 Å². The second-order valence-electron chi connectivity index (χ2n) is 4.85. The lowest BCUT2D eigenvalue weighted by Gasteiger charge is -2.32. The SMILES string of the molecule is CC1(C)C(=CC(=O)[O-])[C@H]2CC[C@@H]1C2. The average molecular weight is 179 g/mol. The molecule has 2 nitrogen and oxygen atoms in total. The van der Waals surface area contributed by atoms with Gasteiger partial charge in [0, 0.05) is 0 Å². The van der Waals surface area contributed by atoms with E-state index in [0.717, 1.165) is 5.57 Å². The van der Waals surface area contributed by atoms with Gasteiger partial charge in [-0.1, -0.05) is 19.4 Å². The maximum atomic E-state index is 10.5. The topological polar surface area (TPSA) is 40.1 Å². The smallest absolute Gasteiger partial charge is 0.0642 e. The standard InChI is InChI=1S/C11H16O2/c1-11(2)8-4-3-7(5-8)9(11)6-10(12)13/h6-8H,3-5H2,1-2H3,(H,12,13)/p-1/t7-,8+/m0/s1. The van der Waals surface area contributed by atoms with Crippen LogP contribution in [0.5, 0.6) is 0 Å². The summed E-state index contributed by atoms with van der Waals surface area (Å²) in [5.41, 5.74) is 1.21. The molecule has 72 valence electrons. The Bertz CT molecular complexity index is 276. The minimum Gasteiger partial charge on any atom is -0.545 e. The zero-order valence-corrected chi connectivity index (χ0v) is 8.17. The van der Waals surface area contributed by atoms with Gasteiger partial charge in [0.2, 0.25) is 0 Å². The number of hydrogen-bond donors (Lipinski definition) is 0. The molecule has 2 fully saturated rings. The van der Waals surface area contributed by atoms with Gasteiger partial charge in [-0.15, -0.1) is 0 Å². The van der Waals surface area contributed by atoms with Crippen LogP contribution in [0.1, 0.15) is 33.1 Å². The summed E-state index contributed by atoms with van der Waals surface area (Å²) < 4.78 is 0. The molecule has 0 N–H and O–H groups in total. The zero-order chi connectivity index (χ0) is 9.64. The van der Waals surface area contributed by atoms with Crippen LogP contribution in [-0.2, 0) is 4.79 Å². The highest BCUT2D eigenvalue weighted by Gasteiger charge is 2.48. The van der Waals surface area contributed by atoms with Crippen molar-refractivity contribution in [2.24, 2.45) is 17.3 Å². The molecule has 0 radical (unpaired) electrons. The molecule has 0 unspecified atom stereocenters. The summed E-state index contributed by atoms with van der Waals surface area (Å²) in [4.78, 5) is 10.5. The minimum atomic E-state index is -1.03. The molecule has 0 amide bonds. The summed E-state index contributed by atoms with van der Waals surface area (Å²) in [5, 5.41) is 10.5. The van der Waals surface area contributed by atoms with Crippen molar-refractivity contribution in [3.05, 3.63) is 11.6 Å². The van der Waals surface area contributed by atoms with Crippen molar-refractivity contribution in [3.8, 4) is 0 Å². The quantitative estimate of drug-likeness (QED) is 0.566. The molecule has 0 aromatic rings. The van der Waals surface area contributed by atoms with Crippen molar-refractivity contribution < 1.29 is 9.90 Å². The first-order chi connectivity index (χ1) is 6.01. The monoisotopic (exact) mass is 179 g/mol. The van der Waals surface area contributed by atoms with E-state index in [1.165, 1.54) is 25.3 Å². The Labute approximate surface area is 78.6 Å². The van der Waals surface area contributed by atoms with Crippen LogP contribution in [0.3, 0.4) is 0 Å². The molecule has 0 aromatic heterocycles. The van der Waals surface area contributed by atoms with Crippen molar-refractivity contribution in [2.45, 2.75) is 33.1 Å². The Morgan fingerprint density at radius 1 is 1.54 bits per heavy atom. The number of carboxylic acid groups (broad SMARTS) is 1. The minimum absolute atomic E-state index is 0.100. The first-order valence-corrected chi connectivity index (χ1v) is 4.95. The maximum absolute atomic E-state index is 10.5. The Hall–Kier alpha value is -0.790. The zero-order valence-electron chi connectivity index (χ0n) is 8.17. The molecule has 0 heterocycles. The third-order valence-electron chi connectivity index (χ3n) is 3.91. The van der Waals surface area contributed by atoms with Crippen molar-refractivity contribution in [2.75, 3.05) is 0 Å². The first kappa shape index (κ1) is 8.79. The second-order valence-corrected chi connectivity index (χ2v) is 4.85. The summed E-state index contributed by atoms with van der Waals surface area (Å²) in [5.74, 6) is 0.191. The van der Waals surface area contributed by atoms with E-state index in [4.69, 9.17) is 0 Å². The molecular formula is C11H15O2-. The van der Waals surface area contributed by atoms with E-state index in [1.807, 2.05) is 0 Å². The molecule has 2 atom stereocenters. The van der Waals surface area contributed by atoms with Gasteiger partial charge in [0.1, 0.15) is 0 Å². The van der Waals surface area contributed by atoms with Crippen LogP contribution in [0, 0.1) is 17.3 Å². The van der Waals surface area contributed by atoms with Crippen molar-refractivity contribution in [3.63, 3.8) is 0 Å². The van der Waals surface area contributed by atoms with Gasteiger partial charge >= 0.3 is 0 Å². The van der Waals surface area contributed by atoms with Gasteiger partial charge in [0.15, 0.2) is 0 Å². The number of carboxylic acids is 1. The number of hydrogen-bond acceptors (Lipinski definition) is 2. The Balaban J connectivity index is 2.34. The van der Waals surface area contributed by atoms with E-state index in [1.54, 1.807) is 0 Å². The fourth-order valence-electron chi connectivity index (χ4n) is 3.11. The van der Waals surface area contributed by atoms with E-state index in [9.17, 15) is 9.90 Å². The number of aliphatic carboxylic acids is 1. The van der Waals surface area contributed by atoms with Gasteiger partial charge in [0.05, 0.1) is 5.97 Å². The van der Waals surface area contributed by atoms with Crippen molar-refractivity contribution >= 4 is 5.97 Å². The molecule has 0 aliphatic heterocycles. The highest BCUT2D eigenvalue weighted by Crippen LogP contribution is 2.58. The van der Waals surface area contributed by atoms with Crippen LogP contribution >= 0.6 is 0 Å². The fourth-order valence-corrected chi connectivity index (χ4v) is 3.11. The molecule has 0 spiro atoms. The predicted molar refractivity (Wildman–Crippen MR) is 47.7 cm³/mol. The third kappa shape index (κ3) is 1.19. The van der Waals surface area contributed by atoms with Gasteiger partial charge in [-0.2, -0.15) is 0 Å². The van der Waals surface area contributed by atoms with Gasteiger partial charge < -0.3 is 9.90 Å². The molecule has 2 aliphatic rings. The average Bonchev–Trinajstić information content (AvgIpc) is 2.53. The molecule has 2 saturated carbocycles. The lowest BCUT2D eigenvalue weighted by atomic mass is 9.73. The maximum Gasteiger partial charge on any atom is 0.0642 e.